The number of methoxy groups -OCH3 is 1. The van der Waals surface area contributed by atoms with Crippen LogP contribution in [0.25, 0.3) is 10.9 Å². The van der Waals surface area contributed by atoms with Crippen molar-refractivity contribution in [1.82, 2.24) is 10.3 Å². The molecule has 0 aliphatic rings. The summed E-state index contributed by atoms with van der Waals surface area (Å²) >= 11 is 0. The fraction of sp³-hybridized carbons (Fsp3) is 0.471. The molecular weight excluding hydrogens is 248 g/mol. The normalized spacial score (nSPS) is 15.2. The summed E-state index contributed by atoms with van der Waals surface area (Å²) in [6.07, 6.45) is 1.91. The lowest BCUT2D eigenvalue weighted by Crippen LogP contribution is -2.40. The summed E-state index contributed by atoms with van der Waals surface area (Å²) in [5.74, 6) is 0. The van der Waals surface area contributed by atoms with Crippen LogP contribution in [0.2, 0.25) is 0 Å². The van der Waals surface area contributed by atoms with Crippen molar-refractivity contribution in [2.75, 3.05) is 14.2 Å². The fourth-order valence-electron chi connectivity index (χ4n) is 2.86. The molecule has 1 heterocycles. The van der Waals surface area contributed by atoms with Crippen molar-refractivity contribution in [2.45, 2.75) is 32.9 Å². The molecule has 0 fully saturated rings. The number of benzene rings is 1. The summed E-state index contributed by atoms with van der Waals surface area (Å²) in [5, 5.41) is 4.60. The fourth-order valence-corrected chi connectivity index (χ4v) is 2.86. The quantitative estimate of drug-likeness (QED) is 0.924. The summed E-state index contributed by atoms with van der Waals surface area (Å²) in [7, 11) is 3.77. The van der Waals surface area contributed by atoms with Crippen LogP contribution < -0.4 is 5.32 Å². The number of hydrogen-bond acceptors (Lipinski definition) is 3. The Morgan fingerprint density at radius 3 is 2.50 bits per heavy atom. The van der Waals surface area contributed by atoms with E-state index >= 15 is 0 Å². The van der Waals surface area contributed by atoms with Gasteiger partial charge >= 0.3 is 0 Å². The minimum atomic E-state index is 0.0484. The van der Waals surface area contributed by atoms with Crippen LogP contribution in [0.3, 0.4) is 0 Å². The smallest absolute Gasteiger partial charge is 0.0814 e. The number of likely N-dealkylation sites (N-methyl/N-ethyl adjacent to an activating group) is 1. The average molecular weight is 272 g/mol. The van der Waals surface area contributed by atoms with Crippen molar-refractivity contribution in [3.8, 4) is 0 Å². The second-order valence-electron chi connectivity index (χ2n) is 6.21. The first-order valence-electron chi connectivity index (χ1n) is 7.02. The van der Waals surface area contributed by atoms with Crippen molar-refractivity contribution < 1.29 is 4.74 Å². The van der Waals surface area contributed by atoms with E-state index in [4.69, 9.17) is 4.74 Å². The van der Waals surface area contributed by atoms with Crippen molar-refractivity contribution in [3.63, 3.8) is 0 Å². The molecule has 108 valence electrons. The molecule has 0 aliphatic heterocycles. The molecule has 0 amide bonds. The van der Waals surface area contributed by atoms with Crippen LogP contribution in [0.5, 0.6) is 0 Å². The molecule has 2 aromatic rings. The molecule has 1 N–H and O–H groups in total. The second-order valence-corrected chi connectivity index (χ2v) is 6.21. The molecule has 0 saturated carbocycles. The number of nitrogens with one attached hydrogen (secondary N) is 1. The number of ether oxygens (including phenoxy) is 1. The van der Waals surface area contributed by atoms with Crippen LogP contribution in [0.15, 0.2) is 36.5 Å². The van der Waals surface area contributed by atoms with Crippen molar-refractivity contribution in [3.05, 3.63) is 42.1 Å². The van der Waals surface area contributed by atoms with Gasteiger partial charge < -0.3 is 10.1 Å². The van der Waals surface area contributed by atoms with E-state index in [1.165, 1.54) is 10.9 Å². The third-order valence-electron chi connectivity index (χ3n) is 3.74. The molecule has 0 radical (unpaired) electrons. The van der Waals surface area contributed by atoms with Crippen LogP contribution in [-0.4, -0.2) is 25.2 Å². The molecule has 0 aliphatic carbocycles. The zero-order valence-corrected chi connectivity index (χ0v) is 13.0. The zero-order valence-electron chi connectivity index (χ0n) is 13.0. The standard InChI is InChI=1S/C17H24N2O/c1-17(2,3)16(20-5)15(18-4)13-8-6-10-14-12(13)9-7-11-19-14/h6-11,15-16,18H,1-5H3. The first-order chi connectivity index (χ1) is 9.49. The van der Waals surface area contributed by atoms with E-state index in [-0.39, 0.29) is 17.6 Å². The molecule has 0 bridgehead atoms. The van der Waals surface area contributed by atoms with E-state index < -0.39 is 0 Å². The topological polar surface area (TPSA) is 34.2 Å². The van der Waals surface area contributed by atoms with Gasteiger partial charge in [-0.1, -0.05) is 39.0 Å². The Hall–Kier alpha value is -1.45. The highest BCUT2D eigenvalue weighted by Gasteiger charge is 2.33. The Morgan fingerprint density at radius 2 is 1.90 bits per heavy atom. The minimum Gasteiger partial charge on any atom is -0.379 e. The second kappa shape index (κ2) is 5.90. The third-order valence-corrected chi connectivity index (χ3v) is 3.74. The first-order valence-corrected chi connectivity index (χ1v) is 7.02. The minimum absolute atomic E-state index is 0.0484. The average Bonchev–Trinajstić information content (AvgIpc) is 2.42. The number of aromatic nitrogens is 1. The maximum absolute atomic E-state index is 5.79. The Kier molecular flexibility index (Phi) is 4.41. The number of fused-ring (bicyclic) bond motifs is 1. The van der Waals surface area contributed by atoms with E-state index in [1.54, 1.807) is 7.11 Å². The third kappa shape index (κ3) is 2.84. The van der Waals surface area contributed by atoms with Crippen LogP contribution in [0.1, 0.15) is 32.4 Å². The van der Waals surface area contributed by atoms with Gasteiger partial charge in [0.2, 0.25) is 0 Å². The van der Waals surface area contributed by atoms with Gasteiger partial charge in [-0.3, -0.25) is 4.98 Å². The predicted molar refractivity (Wildman–Crippen MR) is 83.8 cm³/mol. The highest BCUT2D eigenvalue weighted by Crippen LogP contribution is 2.34. The molecule has 0 spiro atoms. The zero-order chi connectivity index (χ0) is 14.8. The lowest BCUT2D eigenvalue weighted by molar-refractivity contribution is -0.00980. The van der Waals surface area contributed by atoms with Crippen molar-refractivity contribution in [2.24, 2.45) is 5.41 Å². The molecule has 2 atom stereocenters. The van der Waals surface area contributed by atoms with E-state index in [2.05, 4.69) is 49.3 Å². The van der Waals surface area contributed by atoms with Gasteiger partial charge in [-0.2, -0.15) is 0 Å². The SMILES string of the molecule is CNC(c1cccc2ncccc12)C(OC)C(C)(C)C. The number of nitrogens with zero attached hydrogens (tertiary/aromatic N) is 1. The van der Waals surface area contributed by atoms with Crippen molar-refractivity contribution >= 4 is 10.9 Å². The van der Waals surface area contributed by atoms with Gasteiger partial charge in [0.25, 0.3) is 0 Å². The van der Waals surface area contributed by atoms with Gasteiger partial charge in [0.1, 0.15) is 0 Å². The lowest BCUT2D eigenvalue weighted by Gasteiger charge is -2.36. The highest BCUT2D eigenvalue weighted by atomic mass is 16.5. The van der Waals surface area contributed by atoms with Crippen LogP contribution in [-0.2, 0) is 4.74 Å². The summed E-state index contributed by atoms with van der Waals surface area (Å²) in [6.45, 7) is 6.61. The summed E-state index contributed by atoms with van der Waals surface area (Å²) in [6, 6.07) is 10.5. The Morgan fingerprint density at radius 1 is 1.15 bits per heavy atom. The lowest BCUT2D eigenvalue weighted by atomic mass is 9.81. The van der Waals surface area contributed by atoms with Gasteiger partial charge in [-0.05, 0) is 30.2 Å². The van der Waals surface area contributed by atoms with Crippen LogP contribution >= 0.6 is 0 Å². The van der Waals surface area contributed by atoms with Gasteiger partial charge in [-0.15, -0.1) is 0 Å². The Bertz CT molecular complexity index is 569. The van der Waals surface area contributed by atoms with Gasteiger partial charge in [0.05, 0.1) is 17.7 Å². The molecule has 1 aromatic carbocycles. The summed E-state index contributed by atoms with van der Waals surface area (Å²) in [5.41, 5.74) is 2.31. The molecule has 2 rings (SSSR count). The molecule has 1 aromatic heterocycles. The van der Waals surface area contributed by atoms with Gasteiger partial charge in [-0.25, -0.2) is 0 Å². The largest absolute Gasteiger partial charge is 0.379 e. The molecular formula is C17H24N2O. The first kappa shape index (κ1) is 14.9. The predicted octanol–water partition coefficient (Wildman–Crippen LogP) is 3.56. The van der Waals surface area contributed by atoms with Crippen LogP contribution in [0, 0.1) is 5.41 Å². The van der Waals surface area contributed by atoms with E-state index in [0.29, 0.717) is 0 Å². The number of hydrogen-bond donors (Lipinski definition) is 1. The van der Waals surface area contributed by atoms with E-state index in [1.807, 2.05) is 25.4 Å². The Balaban J connectivity index is 2.54. The van der Waals surface area contributed by atoms with E-state index in [0.717, 1.165) is 5.52 Å². The van der Waals surface area contributed by atoms with Crippen LogP contribution in [0.4, 0.5) is 0 Å². The molecule has 20 heavy (non-hydrogen) atoms. The maximum atomic E-state index is 5.79. The monoisotopic (exact) mass is 272 g/mol. The maximum Gasteiger partial charge on any atom is 0.0814 e. The van der Waals surface area contributed by atoms with Gasteiger partial charge in [0.15, 0.2) is 0 Å². The molecule has 2 unspecified atom stereocenters. The number of pyridine rings is 1. The molecule has 0 saturated heterocycles. The van der Waals surface area contributed by atoms with Crippen molar-refractivity contribution in [1.29, 1.82) is 0 Å². The highest BCUT2D eigenvalue weighted by molar-refractivity contribution is 5.82. The Labute approximate surface area is 121 Å². The van der Waals surface area contributed by atoms with Gasteiger partial charge in [0, 0.05) is 18.7 Å². The molecule has 3 heteroatoms. The van der Waals surface area contributed by atoms with E-state index in [9.17, 15) is 0 Å². The number of rotatable bonds is 4. The summed E-state index contributed by atoms with van der Waals surface area (Å²) in [4.78, 5) is 4.44. The summed E-state index contributed by atoms with van der Waals surface area (Å²) < 4.78 is 5.79. The molecule has 3 nitrogen and oxygen atoms in total.